The number of anilines is 1. The Hall–Kier alpha value is -1.65. The van der Waals surface area contributed by atoms with Crippen molar-refractivity contribution in [3.05, 3.63) is 17.6 Å². The van der Waals surface area contributed by atoms with E-state index in [2.05, 4.69) is 20.6 Å². The van der Waals surface area contributed by atoms with Gasteiger partial charge in [-0.15, -0.1) is 0 Å². The van der Waals surface area contributed by atoms with Gasteiger partial charge in [-0.3, -0.25) is 9.78 Å². The molecule has 5 heteroatoms. The van der Waals surface area contributed by atoms with Gasteiger partial charge in [0.15, 0.2) is 0 Å². The average molecular weight is 236 g/mol. The summed E-state index contributed by atoms with van der Waals surface area (Å²) in [6, 6.07) is 0.183. The molecule has 94 valence electrons. The third-order valence-electron chi connectivity index (χ3n) is 2.17. The molecule has 0 aliphatic heterocycles. The van der Waals surface area contributed by atoms with E-state index < -0.39 is 0 Å². The normalized spacial score (nSPS) is 10.4. The molecule has 1 amide bonds. The van der Waals surface area contributed by atoms with Crippen LogP contribution in [0.1, 0.15) is 31.7 Å². The number of hydrogen-bond donors (Lipinski definition) is 2. The summed E-state index contributed by atoms with van der Waals surface area (Å²) in [6.07, 6.45) is 2.17. The van der Waals surface area contributed by atoms with Crippen LogP contribution in [-0.4, -0.2) is 28.5 Å². The van der Waals surface area contributed by atoms with Crippen LogP contribution in [0.3, 0.4) is 0 Å². The number of aromatic nitrogens is 2. The van der Waals surface area contributed by atoms with E-state index in [9.17, 15) is 4.79 Å². The van der Waals surface area contributed by atoms with Crippen LogP contribution >= 0.6 is 0 Å². The van der Waals surface area contributed by atoms with Crippen molar-refractivity contribution >= 4 is 11.7 Å². The van der Waals surface area contributed by atoms with Gasteiger partial charge in [-0.05, 0) is 27.7 Å². The SMILES string of the molecule is Cc1cnc(C)c(NCCC(=O)NC(C)C)n1. The van der Waals surface area contributed by atoms with E-state index in [1.54, 1.807) is 6.20 Å². The highest BCUT2D eigenvalue weighted by Gasteiger charge is 2.04. The van der Waals surface area contributed by atoms with E-state index >= 15 is 0 Å². The molecule has 0 bridgehead atoms. The number of amides is 1. The number of rotatable bonds is 5. The minimum atomic E-state index is 0.0470. The van der Waals surface area contributed by atoms with E-state index in [0.717, 1.165) is 17.2 Å². The van der Waals surface area contributed by atoms with E-state index in [1.165, 1.54) is 0 Å². The summed E-state index contributed by atoms with van der Waals surface area (Å²) >= 11 is 0. The van der Waals surface area contributed by atoms with E-state index in [0.29, 0.717) is 13.0 Å². The summed E-state index contributed by atoms with van der Waals surface area (Å²) in [5.41, 5.74) is 1.71. The third kappa shape index (κ3) is 4.80. The number of carbonyl (C=O) groups is 1. The van der Waals surface area contributed by atoms with Crippen LogP contribution in [0.15, 0.2) is 6.20 Å². The number of nitrogens with one attached hydrogen (secondary N) is 2. The summed E-state index contributed by atoms with van der Waals surface area (Å²) in [5, 5.41) is 5.96. The Bertz CT molecular complexity index is 390. The van der Waals surface area contributed by atoms with Crippen molar-refractivity contribution in [1.82, 2.24) is 15.3 Å². The van der Waals surface area contributed by atoms with Gasteiger partial charge in [-0.2, -0.15) is 0 Å². The van der Waals surface area contributed by atoms with Crippen molar-refractivity contribution in [3.63, 3.8) is 0 Å². The monoisotopic (exact) mass is 236 g/mol. The van der Waals surface area contributed by atoms with Crippen LogP contribution in [0, 0.1) is 13.8 Å². The molecule has 1 aromatic rings. The van der Waals surface area contributed by atoms with Gasteiger partial charge in [-0.25, -0.2) is 4.98 Å². The predicted molar refractivity (Wildman–Crippen MR) is 67.9 cm³/mol. The van der Waals surface area contributed by atoms with Gasteiger partial charge < -0.3 is 10.6 Å². The van der Waals surface area contributed by atoms with Crippen molar-refractivity contribution in [2.75, 3.05) is 11.9 Å². The fourth-order valence-electron chi connectivity index (χ4n) is 1.39. The van der Waals surface area contributed by atoms with E-state index in [1.807, 2.05) is 27.7 Å². The zero-order chi connectivity index (χ0) is 12.8. The molecule has 5 nitrogen and oxygen atoms in total. The Labute approximate surface area is 102 Å². The second-order valence-corrected chi connectivity index (χ2v) is 4.34. The maximum Gasteiger partial charge on any atom is 0.221 e. The fourth-order valence-corrected chi connectivity index (χ4v) is 1.39. The Kier molecular flexibility index (Phi) is 4.87. The molecule has 1 heterocycles. The Morgan fingerprint density at radius 1 is 1.41 bits per heavy atom. The van der Waals surface area contributed by atoms with Crippen LogP contribution in [0.4, 0.5) is 5.82 Å². The van der Waals surface area contributed by atoms with Crippen LogP contribution in [0.2, 0.25) is 0 Å². The molecule has 0 atom stereocenters. The summed E-state index contributed by atoms with van der Waals surface area (Å²) in [7, 11) is 0. The molecule has 0 aromatic carbocycles. The van der Waals surface area contributed by atoms with Crippen LogP contribution < -0.4 is 10.6 Å². The van der Waals surface area contributed by atoms with Gasteiger partial charge >= 0.3 is 0 Å². The molecule has 0 saturated carbocycles. The first-order chi connectivity index (χ1) is 7.99. The highest BCUT2D eigenvalue weighted by atomic mass is 16.1. The fraction of sp³-hybridized carbons (Fsp3) is 0.583. The van der Waals surface area contributed by atoms with Gasteiger partial charge in [0, 0.05) is 25.2 Å². The average Bonchev–Trinajstić information content (AvgIpc) is 2.22. The first-order valence-corrected chi connectivity index (χ1v) is 5.82. The number of nitrogens with zero attached hydrogens (tertiary/aromatic N) is 2. The van der Waals surface area contributed by atoms with Gasteiger partial charge in [-0.1, -0.05) is 0 Å². The molecule has 2 N–H and O–H groups in total. The minimum absolute atomic E-state index is 0.0470. The van der Waals surface area contributed by atoms with Crippen molar-refractivity contribution in [2.24, 2.45) is 0 Å². The molecular weight excluding hydrogens is 216 g/mol. The molecule has 0 radical (unpaired) electrons. The molecule has 1 aromatic heterocycles. The lowest BCUT2D eigenvalue weighted by Gasteiger charge is -2.10. The zero-order valence-corrected chi connectivity index (χ0v) is 10.9. The lowest BCUT2D eigenvalue weighted by Crippen LogP contribution is -2.31. The summed E-state index contributed by atoms with van der Waals surface area (Å²) in [6.45, 7) is 8.24. The van der Waals surface area contributed by atoms with Crippen LogP contribution in [-0.2, 0) is 4.79 Å². The van der Waals surface area contributed by atoms with Crippen LogP contribution in [0.25, 0.3) is 0 Å². The van der Waals surface area contributed by atoms with E-state index in [-0.39, 0.29) is 11.9 Å². The lowest BCUT2D eigenvalue weighted by atomic mass is 10.3. The van der Waals surface area contributed by atoms with E-state index in [4.69, 9.17) is 0 Å². The van der Waals surface area contributed by atoms with Crippen molar-refractivity contribution in [3.8, 4) is 0 Å². The molecule has 0 unspecified atom stereocenters. The summed E-state index contributed by atoms with van der Waals surface area (Å²) in [5.74, 6) is 0.799. The second kappa shape index (κ2) is 6.18. The zero-order valence-electron chi connectivity index (χ0n) is 10.9. The number of hydrogen-bond acceptors (Lipinski definition) is 4. The van der Waals surface area contributed by atoms with Gasteiger partial charge in [0.25, 0.3) is 0 Å². The molecule has 17 heavy (non-hydrogen) atoms. The van der Waals surface area contributed by atoms with Crippen molar-refractivity contribution in [1.29, 1.82) is 0 Å². The first-order valence-electron chi connectivity index (χ1n) is 5.82. The molecular formula is C12H20N4O. The molecule has 0 aliphatic rings. The van der Waals surface area contributed by atoms with Gasteiger partial charge in [0.1, 0.15) is 5.82 Å². The highest BCUT2D eigenvalue weighted by Crippen LogP contribution is 2.08. The minimum Gasteiger partial charge on any atom is -0.368 e. The Morgan fingerprint density at radius 3 is 2.76 bits per heavy atom. The maximum atomic E-state index is 11.4. The molecule has 0 aliphatic carbocycles. The van der Waals surface area contributed by atoms with Gasteiger partial charge in [0.2, 0.25) is 5.91 Å². The van der Waals surface area contributed by atoms with Crippen molar-refractivity contribution < 1.29 is 4.79 Å². The standard InChI is InChI=1S/C12H20N4O/c1-8(2)15-11(17)5-6-13-12-10(4)14-7-9(3)16-12/h7-8H,5-6H2,1-4H3,(H,13,16)(H,15,17). The Balaban J connectivity index is 2.40. The molecule has 0 fully saturated rings. The summed E-state index contributed by atoms with van der Waals surface area (Å²) < 4.78 is 0. The third-order valence-corrected chi connectivity index (χ3v) is 2.17. The largest absolute Gasteiger partial charge is 0.368 e. The first kappa shape index (κ1) is 13.4. The topological polar surface area (TPSA) is 66.9 Å². The second-order valence-electron chi connectivity index (χ2n) is 4.34. The highest BCUT2D eigenvalue weighted by molar-refractivity contribution is 5.76. The Morgan fingerprint density at radius 2 is 2.12 bits per heavy atom. The maximum absolute atomic E-state index is 11.4. The predicted octanol–water partition coefficient (Wildman–Crippen LogP) is 1.42. The molecule has 1 rings (SSSR count). The quantitative estimate of drug-likeness (QED) is 0.811. The van der Waals surface area contributed by atoms with Crippen LogP contribution in [0.5, 0.6) is 0 Å². The number of carbonyl (C=O) groups excluding carboxylic acids is 1. The van der Waals surface area contributed by atoms with Gasteiger partial charge in [0.05, 0.1) is 11.4 Å². The molecule has 0 spiro atoms. The summed E-state index contributed by atoms with van der Waals surface area (Å²) in [4.78, 5) is 19.9. The smallest absolute Gasteiger partial charge is 0.221 e. The lowest BCUT2D eigenvalue weighted by molar-refractivity contribution is -0.121. The van der Waals surface area contributed by atoms with Crippen molar-refractivity contribution in [2.45, 2.75) is 40.2 Å². The number of aryl methyl sites for hydroxylation is 2. The molecule has 0 saturated heterocycles.